The fourth-order valence-corrected chi connectivity index (χ4v) is 4.37. The molecule has 2 heterocycles. The predicted octanol–water partition coefficient (Wildman–Crippen LogP) is 1.39. The van der Waals surface area contributed by atoms with Crippen LogP contribution in [0.2, 0.25) is 0 Å². The maximum absolute atomic E-state index is 13.3. The molecule has 146 valence electrons. The average Bonchev–Trinajstić information content (AvgIpc) is 3.30. The lowest BCUT2D eigenvalue weighted by Gasteiger charge is -2.37. The van der Waals surface area contributed by atoms with Gasteiger partial charge in [-0.05, 0) is 25.0 Å². The zero-order valence-corrected chi connectivity index (χ0v) is 16.2. The van der Waals surface area contributed by atoms with Gasteiger partial charge in [0, 0.05) is 24.2 Å². The zero-order chi connectivity index (χ0) is 19.3. The van der Waals surface area contributed by atoms with Crippen molar-refractivity contribution in [2.45, 2.75) is 18.9 Å². The monoisotopic (exact) mass is 378 g/mol. The van der Waals surface area contributed by atoms with E-state index in [4.69, 9.17) is 0 Å². The number of piperazine rings is 1. The van der Waals surface area contributed by atoms with E-state index >= 15 is 0 Å². The number of carbonyl (C=O) groups excluding carboxylic acids is 2. The number of hydrogen-bond acceptors (Lipinski definition) is 2. The summed E-state index contributed by atoms with van der Waals surface area (Å²) in [6.07, 6.45) is 2.20. The summed E-state index contributed by atoms with van der Waals surface area (Å²) >= 11 is 0. The number of quaternary nitrogens is 1. The number of amides is 2. The summed E-state index contributed by atoms with van der Waals surface area (Å²) in [4.78, 5) is 31.2. The molecule has 5 heteroatoms. The second kappa shape index (κ2) is 8.57. The van der Waals surface area contributed by atoms with Crippen LogP contribution in [0.1, 0.15) is 34.8 Å². The minimum Gasteiger partial charge on any atom is -0.337 e. The lowest BCUT2D eigenvalue weighted by Crippen LogP contribution is -3.16. The van der Waals surface area contributed by atoms with Crippen LogP contribution in [0, 0.1) is 0 Å². The molecule has 2 saturated heterocycles. The first-order valence-electron chi connectivity index (χ1n) is 10.3. The molecule has 28 heavy (non-hydrogen) atoms. The van der Waals surface area contributed by atoms with E-state index in [2.05, 4.69) is 12.1 Å². The van der Waals surface area contributed by atoms with Crippen molar-refractivity contribution in [1.29, 1.82) is 0 Å². The van der Waals surface area contributed by atoms with Gasteiger partial charge in [0.05, 0.1) is 26.2 Å². The summed E-state index contributed by atoms with van der Waals surface area (Å²) in [7, 11) is 0. The molecule has 1 atom stereocenters. The normalized spacial score (nSPS) is 18.9. The number of carbonyl (C=O) groups is 2. The molecular weight excluding hydrogens is 350 g/mol. The maximum atomic E-state index is 13.3. The summed E-state index contributed by atoms with van der Waals surface area (Å²) in [6.45, 7) is 4.68. The number of nitrogens with zero attached hydrogens (tertiary/aromatic N) is 2. The second-order valence-electron chi connectivity index (χ2n) is 7.69. The third-order valence-corrected chi connectivity index (χ3v) is 5.92. The Morgan fingerprint density at radius 2 is 1.32 bits per heavy atom. The van der Waals surface area contributed by atoms with Gasteiger partial charge in [0.1, 0.15) is 0 Å². The Kier molecular flexibility index (Phi) is 5.72. The molecule has 2 aliphatic rings. The Morgan fingerprint density at radius 3 is 1.93 bits per heavy atom. The zero-order valence-electron chi connectivity index (χ0n) is 16.2. The smallest absolute Gasteiger partial charge is 0.285 e. The highest BCUT2D eigenvalue weighted by Crippen LogP contribution is 2.17. The molecule has 2 aromatic carbocycles. The molecule has 2 fully saturated rings. The minimum absolute atomic E-state index is 0.0850. The molecule has 0 unspecified atom stereocenters. The Bertz CT molecular complexity index is 795. The van der Waals surface area contributed by atoms with Gasteiger partial charge in [-0.1, -0.05) is 48.5 Å². The molecule has 5 nitrogen and oxygen atoms in total. The average molecular weight is 378 g/mol. The van der Waals surface area contributed by atoms with Crippen molar-refractivity contribution in [3.8, 4) is 0 Å². The van der Waals surface area contributed by atoms with Crippen molar-refractivity contribution in [1.82, 2.24) is 9.80 Å². The summed E-state index contributed by atoms with van der Waals surface area (Å²) in [6, 6.07) is 19.4. The summed E-state index contributed by atoms with van der Waals surface area (Å²) in [5.41, 5.74) is 1.82. The van der Waals surface area contributed by atoms with Gasteiger partial charge < -0.3 is 14.7 Å². The van der Waals surface area contributed by atoms with Crippen molar-refractivity contribution in [3.63, 3.8) is 0 Å². The quantitative estimate of drug-likeness (QED) is 0.874. The van der Waals surface area contributed by atoms with E-state index in [1.165, 1.54) is 4.90 Å². The Labute approximate surface area is 166 Å². The van der Waals surface area contributed by atoms with E-state index in [-0.39, 0.29) is 17.9 Å². The number of hydrogen-bond donors (Lipinski definition) is 1. The van der Waals surface area contributed by atoms with Crippen molar-refractivity contribution >= 4 is 11.8 Å². The van der Waals surface area contributed by atoms with Crippen LogP contribution in [0.3, 0.4) is 0 Å². The van der Waals surface area contributed by atoms with Gasteiger partial charge in [-0.15, -0.1) is 0 Å². The van der Waals surface area contributed by atoms with E-state index in [1.54, 1.807) is 0 Å². The van der Waals surface area contributed by atoms with Gasteiger partial charge in [-0.3, -0.25) is 9.59 Å². The SMILES string of the molecule is O=C(c1ccccc1)N1CC[NH+]([C@H](C(=O)N2CCCC2)c2ccccc2)CC1. The van der Waals surface area contributed by atoms with Crippen LogP contribution in [0.5, 0.6) is 0 Å². The van der Waals surface area contributed by atoms with E-state index in [0.717, 1.165) is 50.1 Å². The fraction of sp³-hybridized carbons (Fsp3) is 0.391. The van der Waals surface area contributed by atoms with Crippen molar-refractivity contribution in [3.05, 3.63) is 71.8 Å². The fourth-order valence-electron chi connectivity index (χ4n) is 4.37. The molecule has 2 aromatic rings. The topological polar surface area (TPSA) is 45.1 Å². The number of nitrogens with one attached hydrogen (secondary N) is 1. The first-order valence-corrected chi connectivity index (χ1v) is 10.3. The Morgan fingerprint density at radius 1 is 0.750 bits per heavy atom. The summed E-state index contributed by atoms with van der Waals surface area (Å²) < 4.78 is 0. The van der Waals surface area contributed by atoms with Crippen molar-refractivity contribution < 1.29 is 14.5 Å². The Hall–Kier alpha value is -2.66. The van der Waals surface area contributed by atoms with Gasteiger partial charge in [0.15, 0.2) is 6.04 Å². The second-order valence-corrected chi connectivity index (χ2v) is 7.69. The minimum atomic E-state index is -0.173. The molecule has 0 saturated carbocycles. The third-order valence-electron chi connectivity index (χ3n) is 5.92. The van der Waals surface area contributed by atoms with Gasteiger partial charge in [0.25, 0.3) is 11.8 Å². The van der Waals surface area contributed by atoms with E-state index in [0.29, 0.717) is 13.1 Å². The first-order chi connectivity index (χ1) is 13.7. The highest BCUT2D eigenvalue weighted by molar-refractivity contribution is 5.94. The van der Waals surface area contributed by atoms with Gasteiger partial charge in [0.2, 0.25) is 0 Å². The number of benzene rings is 2. The maximum Gasteiger partial charge on any atom is 0.285 e. The molecule has 0 aliphatic carbocycles. The van der Waals surface area contributed by atoms with E-state index < -0.39 is 0 Å². The summed E-state index contributed by atoms with van der Waals surface area (Å²) in [5.74, 6) is 0.323. The van der Waals surface area contributed by atoms with Crippen molar-refractivity contribution in [2.24, 2.45) is 0 Å². The third kappa shape index (κ3) is 3.94. The molecule has 0 spiro atoms. The highest BCUT2D eigenvalue weighted by atomic mass is 16.2. The van der Waals surface area contributed by atoms with Crippen LogP contribution >= 0.6 is 0 Å². The molecular formula is C23H28N3O2+. The van der Waals surface area contributed by atoms with Gasteiger partial charge >= 0.3 is 0 Å². The molecule has 0 bridgehead atoms. The Balaban J connectivity index is 1.48. The van der Waals surface area contributed by atoms with E-state index in [9.17, 15) is 9.59 Å². The van der Waals surface area contributed by atoms with Gasteiger partial charge in [-0.25, -0.2) is 0 Å². The predicted molar refractivity (Wildman–Crippen MR) is 108 cm³/mol. The first kappa shape index (κ1) is 18.7. The van der Waals surface area contributed by atoms with Crippen LogP contribution < -0.4 is 4.90 Å². The lowest BCUT2D eigenvalue weighted by atomic mass is 10.0. The molecule has 2 amide bonds. The number of likely N-dealkylation sites (tertiary alicyclic amines) is 1. The summed E-state index contributed by atoms with van der Waals surface area (Å²) in [5, 5.41) is 0. The molecule has 0 radical (unpaired) electrons. The largest absolute Gasteiger partial charge is 0.337 e. The van der Waals surface area contributed by atoms with E-state index in [1.807, 2.05) is 58.3 Å². The molecule has 0 aromatic heterocycles. The molecule has 1 N–H and O–H groups in total. The lowest BCUT2D eigenvalue weighted by molar-refractivity contribution is -0.926. The van der Waals surface area contributed by atoms with Crippen LogP contribution in [0.15, 0.2) is 60.7 Å². The highest BCUT2D eigenvalue weighted by Gasteiger charge is 2.38. The van der Waals surface area contributed by atoms with Crippen LogP contribution in [-0.2, 0) is 4.79 Å². The van der Waals surface area contributed by atoms with Crippen molar-refractivity contribution in [2.75, 3.05) is 39.3 Å². The standard InChI is InChI=1S/C23H27N3O2/c27-22(20-11-5-2-6-12-20)26-17-15-24(16-18-26)21(19-9-3-1-4-10-19)23(28)25-13-7-8-14-25/h1-6,9-12,21H,7-8,13-18H2/p+1/t21-/m0/s1. The van der Waals surface area contributed by atoms with Crippen LogP contribution in [0.25, 0.3) is 0 Å². The molecule has 2 aliphatic heterocycles. The van der Waals surface area contributed by atoms with Crippen LogP contribution in [0.4, 0.5) is 0 Å². The van der Waals surface area contributed by atoms with Crippen LogP contribution in [-0.4, -0.2) is 60.9 Å². The number of rotatable bonds is 4. The van der Waals surface area contributed by atoms with Gasteiger partial charge in [-0.2, -0.15) is 0 Å². The molecule has 4 rings (SSSR count).